The van der Waals surface area contributed by atoms with Gasteiger partial charge >= 0.3 is 0 Å². The number of nitrogens with one attached hydrogen (secondary N) is 2. The Kier molecular flexibility index (Phi) is 4.96. The van der Waals surface area contributed by atoms with E-state index in [0.29, 0.717) is 11.4 Å². The van der Waals surface area contributed by atoms with Gasteiger partial charge in [0, 0.05) is 17.6 Å². The first-order valence-corrected chi connectivity index (χ1v) is 10.0. The molecule has 1 heterocycles. The van der Waals surface area contributed by atoms with Crippen LogP contribution in [0.5, 0.6) is 0 Å². The molecule has 1 aromatic heterocycles. The summed E-state index contributed by atoms with van der Waals surface area (Å²) in [7, 11) is -3.39. The molecule has 0 bridgehead atoms. The highest BCUT2D eigenvalue weighted by Gasteiger charge is 2.13. The molecule has 0 aliphatic heterocycles. The summed E-state index contributed by atoms with van der Waals surface area (Å²) in [5.74, 6) is -0.613. The third-order valence-corrected chi connectivity index (χ3v) is 5.11. The number of hydrogen-bond donors (Lipinski definition) is 2. The number of sulfone groups is 1. The summed E-state index contributed by atoms with van der Waals surface area (Å²) in [4.78, 5) is 27.6. The fraction of sp³-hybridized carbons (Fsp3) is 0.100. The number of aromatic nitrogens is 1. The Hall–Kier alpha value is -3.19. The zero-order chi connectivity index (χ0) is 19.6. The second-order valence-corrected chi connectivity index (χ2v) is 8.25. The van der Waals surface area contributed by atoms with E-state index in [4.69, 9.17) is 0 Å². The van der Waals surface area contributed by atoms with Crippen LogP contribution in [0.4, 0.5) is 5.69 Å². The predicted molar refractivity (Wildman–Crippen MR) is 105 cm³/mol. The van der Waals surface area contributed by atoms with E-state index in [1.807, 2.05) is 31.2 Å². The lowest BCUT2D eigenvalue weighted by Crippen LogP contribution is -2.23. The summed E-state index contributed by atoms with van der Waals surface area (Å²) >= 11 is 0. The number of aryl methyl sites for hydroxylation is 1. The third kappa shape index (κ3) is 4.32. The van der Waals surface area contributed by atoms with Gasteiger partial charge in [0.25, 0.3) is 11.5 Å². The number of carbonyl (C=O) groups is 1. The van der Waals surface area contributed by atoms with Gasteiger partial charge in [-0.05, 0) is 48.9 Å². The Morgan fingerprint density at radius 1 is 1.00 bits per heavy atom. The standard InChI is InChI=1S/C20H18N2O4S/c1-13-5-3-6-14(11-13)18-10-9-17(20(24)22-18)19(23)21-15-7-4-8-16(12-15)27(2,25)26/h3-12H,1-2H3,(H,21,23)(H,22,24). The number of H-pyrrole nitrogens is 1. The van der Waals surface area contributed by atoms with Crippen molar-refractivity contribution in [2.45, 2.75) is 11.8 Å². The van der Waals surface area contributed by atoms with Crippen LogP contribution >= 0.6 is 0 Å². The molecule has 3 aromatic rings. The molecule has 2 N–H and O–H groups in total. The largest absolute Gasteiger partial charge is 0.322 e. The molecule has 0 radical (unpaired) electrons. The highest BCUT2D eigenvalue weighted by molar-refractivity contribution is 7.90. The van der Waals surface area contributed by atoms with Crippen molar-refractivity contribution >= 4 is 21.4 Å². The Labute approximate surface area is 156 Å². The second kappa shape index (κ2) is 7.20. The first-order valence-electron chi connectivity index (χ1n) is 8.16. The number of rotatable bonds is 4. The van der Waals surface area contributed by atoms with Gasteiger partial charge < -0.3 is 10.3 Å². The summed E-state index contributed by atoms with van der Waals surface area (Å²) in [5.41, 5.74) is 2.23. The zero-order valence-electron chi connectivity index (χ0n) is 14.8. The summed E-state index contributed by atoms with van der Waals surface area (Å²) in [6, 6.07) is 16.6. The van der Waals surface area contributed by atoms with Crippen LogP contribution in [-0.2, 0) is 9.84 Å². The highest BCUT2D eigenvalue weighted by Crippen LogP contribution is 2.18. The van der Waals surface area contributed by atoms with Gasteiger partial charge in [-0.25, -0.2) is 8.42 Å². The molecule has 138 valence electrons. The molecule has 0 atom stereocenters. The van der Waals surface area contributed by atoms with E-state index in [0.717, 1.165) is 17.4 Å². The highest BCUT2D eigenvalue weighted by atomic mass is 32.2. The number of benzene rings is 2. The van der Waals surface area contributed by atoms with Crippen molar-refractivity contribution in [3.8, 4) is 11.3 Å². The predicted octanol–water partition coefficient (Wildman–Crippen LogP) is 3.01. The monoisotopic (exact) mass is 382 g/mol. The van der Waals surface area contributed by atoms with E-state index in [2.05, 4.69) is 10.3 Å². The number of amides is 1. The molecule has 1 amide bonds. The van der Waals surface area contributed by atoms with Crippen LogP contribution in [0.2, 0.25) is 0 Å². The normalized spacial score (nSPS) is 11.2. The Morgan fingerprint density at radius 3 is 2.41 bits per heavy atom. The Morgan fingerprint density at radius 2 is 1.74 bits per heavy atom. The average molecular weight is 382 g/mol. The van der Waals surface area contributed by atoms with E-state index in [-0.39, 0.29) is 10.5 Å². The molecule has 2 aromatic carbocycles. The average Bonchev–Trinajstić information content (AvgIpc) is 2.61. The molecule has 27 heavy (non-hydrogen) atoms. The van der Waals surface area contributed by atoms with Crippen LogP contribution in [0.1, 0.15) is 15.9 Å². The minimum Gasteiger partial charge on any atom is -0.322 e. The Balaban J connectivity index is 1.87. The summed E-state index contributed by atoms with van der Waals surface area (Å²) in [6.07, 6.45) is 1.09. The number of hydrogen-bond acceptors (Lipinski definition) is 4. The zero-order valence-corrected chi connectivity index (χ0v) is 15.6. The van der Waals surface area contributed by atoms with Crippen molar-refractivity contribution in [2.75, 3.05) is 11.6 Å². The van der Waals surface area contributed by atoms with Gasteiger partial charge in [0.05, 0.1) is 4.90 Å². The summed E-state index contributed by atoms with van der Waals surface area (Å²) < 4.78 is 23.2. The molecule has 0 aliphatic rings. The number of anilines is 1. The number of aromatic amines is 1. The molecule has 7 heteroatoms. The smallest absolute Gasteiger partial charge is 0.261 e. The summed E-state index contributed by atoms with van der Waals surface area (Å²) in [6.45, 7) is 1.95. The molecule has 0 saturated heterocycles. The van der Waals surface area contributed by atoms with Gasteiger partial charge in [-0.3, -0.25) is 9.59 Å². The van der Waals surface area contributed by atoms with Gasteiger partial charge in [0.1, 0.15) is 5.56 Å². The van der Waals surface area contributed by atoms with Crippen LogP contribution in [0.15, 0.2) is 70.4 Å². The quantitative estimate of drug-likeness (QED) is 0.725. The van der Waals surface area contributed by atoms with Gasteiger partial charge in [0.2, 0.25) is 0 Å². The topological polar surface area (TPSA) is 96.1 Å². The van der Waals surface area contributed by atoms with E-state index < -0.39 is 21.3 Å². The van der Waals surface area contributed by atoms with Crippen molar-refractivity contribution in [1.82, 2.24) is 4.98 Å². The first-order chi connectivity index (χ1) is 12.7. The minimum absolute atomic E-state index is 0.0591. The fourth-order valence-corrected chi connectivity index (χ4v) is 3.30. The van der Waals surface area contributed by atoms with Crippen LogP contribution < -0.4 is 10.9 Å². The van der Waals surface area contributed by atoms with Gasteiger partial charge in [-0.2, -0.15) is 0 Å². The van der Waals surface area contributed by atoms with E-state index >= 15 is 0 Å². The number of pyridine rings is 1. The molecular formula is C20H18N2O4S. The van der Waals surface area contributed by atoms with Crippen molar-refractivity contribution in [3.63, 3.8) is 0 Å². The summed E-state index contributed by atoms with van der Waals surface area (Å²) in [5, 5.41) is 2.56. The van der Waals surface area contributed by atoms with Crippen molar-refractivity contribution < 1.29 is 13.2 Å². The van der Waals surface area contributed by atoms with Crippen LogP contribution in [0.25, 0.3) is 11.3 Å². The van der Waals surface area contributed by atoms with E-state index in [9.17, 15) is 18.0 Å². The van der Waals surface area contributed by atoms with E-state index in [1.54, 1.807) is 12.1 Å². The van der Waals surface area contributed by atoms with Crippen LogP contribution in [-0.4, -0.2) is 25.6 Å². The van der Waals surface area contributed by atoms with Gasteiger partial charge in [-0.1, -0.05) is 29.8 Å². The minimum atomic E-state index is -3.39. The second-order valence-electron chi connectivity index (χ2n) is 6.24. The molecule has 0 spiro atoms. The molecule has 0 saturated carbocycles. The van der Waals surface area contributed by atoms with Gasteiger partial charge in [0.15, 0.2) is 9.84 Å². The maximum Gasteiger partial charge on any atom is 0.261 e. The van der Waals surface area contributed by atoms with Crippen molar-refractivity contribution in [2.24, 2.45) is 0 Å². The fourth-order valence-electron chi connectivity index (χ4n) is 2.64. The maximum absolute atomic E-state index is 12.4. The Bertz CT molecular complexity index is 1180. The molecule has 3 rings (SSSR count). The first kappa shape index (κ1) is 18.6. The lowest BCUT2D eigenvalue weighted by molar-refractivity contribution is 0.102. The van der Waals surface area contributed by atoms with Gasteiger partial charge in [-0.15, -0.1) is 0 Å². The SMILES string of the molecule is Cc1cccc(-c2ccc(C(=O)Nc3cccc(S(C)(=O)=O)c3)c(=O)[nH]2)c1. The van der Waals surface area contributed by atoms with E-state index in [1.165, 1.54) is 24.3 Å². The maximum atomic E-state index is 12.4. The van der Waals surface area contributed by atoms with Crippen molar-refractivity contribution in [1.29, 1.82) is 0 Å². The van der Waals surface area contributed by atoms with Crippen molar-refractivity contribution in [3.05, 3.63) is 82.1 Å². The molecule has 0 unspecified atom stereocenters. The molecule has 6 nitrogen and oxygen atoms in total. The lowest BCUT2D eigenvalue weighted by Gasteiger charge is -2.08. The number of carbonyl (C=O) groups excluding carboxylic acids is 1. The lowest BCUT2D eigenvalue weighted by atomic mass is 10.1. The van der Waals surface area contributed by atoms with Crippen LogP contribution in [0.3, 0.4) is 0 Å². The van der Waals surface area contributed by atoms with Crippen LogP contribution in [0, 0.1) is 6.92 Å². The molecule has 0 fully saturated rings. The molecular weight excluding hydrogens is 364 g/mol. The molecule has 0 aliphatic carbocycles. The third-order valence-electron chi connectivity index (χ3n) is 4.00.